The molecule has 0 amide bonds. The molecule has 2 atom stereocenters. The third-order valence-electron chi connectivity index (χ3n) is 4.63. The van der Waals surface area contributed by atoms with Gasteiger partial charge in [0, 0.05) is 5.56 Å². The van der Waals surface area contributed by atoms with Gasteiger partial charge in [-0.2, -0.15) is 0 Å². The van der Waals surface area contributed by atoms with E-state index in [9.17, 15) is 9.90 Å². The second kappa shape index (κ2) is 7.18. The first kappa shape index (κ1) is 16.7. The molecule has 128 valence electrons. The Balaban J connectivity index is 2.15. The minimum atomic E-state index is -0.413. The van der Waals surface area contributed by atoms with Crippen molar-refractivity contribution in [3.8, 4) is 11.3 Å². The summed E-state index contributed by atoms with van der Waals surface area (Å²) in [6.07, 6.45) is 3.37. The largest absolute Gasteiger partial charge is 0.461 e. The highest BCUT2D eigenvalue weighted by atomic mass is 16.5. The lowest BCUT2D eigenvalue weighted by Crippen LogP contribution is -2.29. The van der Waals surface area contributed by atoms with Crippen LogP contribution >= 0.6 is 0 Å². The monoisotopic (exact) mass is 328 g/mol. The SMILES string of the molecule is CCOC(=O)c1nc(C)n(C2CCCCC2O)c1-c1ccccc1. The van der Waals surface area contributed by atoms with Crippen LogP contribution in [0.5, 0.6) is 0 Å². The van der Waals surface area contributed by atoms with Gasteiger partial charge in [0.05, 0.1) is 24.4 Å². The number of benzene rings is 1. The van der Waals surface area contributed by atoms with E-state index in [1.165, 1.54) is 0 Å². The van der Waals surface area contributed by atoms with Gasteiger partial charge >= 0.3 is 5.97 Å². The summed E-state index contributed by atoms with van der Waals surface area (Å²) in [5.74, 6) is 0.325. The standard InChI is InChI=1S/C19H24N2O3/c1-3-24-19(23)17-18(14-9-5-4-6-10-14)21(13(2)20-17)15-11-7-8-12-16(15)22/h4-6,9-10,15-16,22H,3,7-8,11-12H2,1-2H3. The molecular formula is C19H24N2O3. The maximum absolute atomic E-state index is 12.4. The number of nitrogens with zero attached hydrogens (tertiary/aromatic N) is 2. The molecule has 1 aromatic carbocycles. The number of aliphatic hydroxyl groups excluding tert-OH is 1. The van der Waals surface area contributed by atoms with Gasteiger partial charge in [-0.25, -0.2) is 9.78 Å². The Morgan fingerprint density at radius 2 is 2.00 bits per heavy atom. The molecule has 1 saturated carbocycles. The minimum absolute atomic E-state index is 0.0513. The first-order valence-corrected chi connectivity index (χ1v) is 8.63. The van der Waals surface area contributed by atoms with Crippen molar-refractivity contribution in [2.75, 3.05) is 6.61 Å². The fourth-order valence-electron chi connectivity index (χ4n) is 3.56. The molecule has 1 aliphatic rings. The molecule has 1 heterocycles. The number of carbonyl (C=O) groups is 1. The molecule has 5 heteroatoms. The number of aryl methyl sites for hydroxylation is 1. The summed E-state index contributed by atoms with van der Waals surface area (Å²) < 4.78 is 7.23. The van der Waals surface area contributed by atoms with E-state index in [0.29, 0.717) is 12.3 Å². The Bertz CT molecular complexity index is 709. The maximum atomic E-state index is 12.4. The maximum Gasteiger partial charge on any atom is 0.359 e. The van der Waals surface area contributed by atoms with Crippen LogP contribution in [0.3, 0.4) is 0 Å². The van der Waals surface area contributed by atoms with Crippen LogP contribution in [0.25, 0.3) is 11.3 Å². The number of carbonyl (C=O) groups excluding carboxylic acids is 1. The summed E-state index contributed by atoms with van der Waals surface area (Å²) in [6, 6.07) is 9.69. The van der Waals surface area contributed by atoms with E-state index in [0.717, 1.165) is 42.8 Å². The molecule has 5 nitrogen and oxygen atoms in total. The van der Waals surface area contributed by atoms with Crippen LogP contribution in [0.2, 0.25) is 0 Å². The lowest BCUT2D eigenvalue weighted by atomic mass is 9.91. The van der Waals surface area contributed by atoms with Crippen molar-refractivity contribution in [2.24, 2.45) is 0 Å². The average molecular weight is 328 g/mol. The summed E-state index contributed by atoms with van der Waals surface area (Å²) in [7, 11) is 0. The van der Waals surface area contributed by atoms with Crippen LogP contribution in [0.15, 0.2) is 30.3 Å². The molecule has 0 saturated heterocycles. The van der Waals surface area contributed by atoms with Crippen LogP contribution in [0.4, 0.5) is 0 Å². The van der Waals surface area contributed by atoms with Crippen LogP contribution in [-0.2, 0) is 4.74 Å². The molecule has 1 fully saturated rings. The fraction of sp³-hybridized carbons (Fsp3) is 0.474. The topological polar surface area (TPSA) is 64.3 Å². The first-order valence-electron chi connectivity index (χ1n) is 8.63. The highest BCUT2D eigenvalue weighted by Crippen LogP contribution is 2.36. The van der Waals surface area contributed by atoms with Crippen LogP contribution < -0.4 is 0 Å². The quantitative estimate of drug-likeness (QED) is 0.872. The number of aromatic nitrogens is 2. The molecule has 24 heavy (non-hydrogen) atoms. The Morgan fingerprint density at radius 1 is 1.29 bits per heavy atom. The van der Waals surface area contributed by atoms with Crippen LogP contribution in [-0.4, -0.2) is 33.3 Å². The van der Waals surface area contributed by atoms with E-state index < -0.39 is 12.1 Å². The molecule has 0 bridgehead atoms. The predicted molar refractivity (Wildman–Crippen MR) is 91.9 cm³/mol. The highest BCUT2D eigenvalue weighted by Gasteiger charge is 2.31. The number of hydrogen-bond acceptors (Lipinski definition) is 4. The summed E-state index contributed by atoms with van der Waals surface area (Å²) in [6.45, 7) is 3.98. The number of imidazole rings is 1. The molecular weight excluding hydrogens is 304 g/mol. The number of ether oxygens (including phenoxy) is 1. The fourth-order valence-corrected chi connectivity index (χ4v) is 3.56. The summed E-state index contributed by atoms with van der Waals surface area (Å²) in [5, 5.41) is 10.5. The van der Waals surface area contributed by atoms with Gasteiger partial charge in [0.25, 0.3) is 0 Å². The third-order valence-corrected chi connectivity index (χ3v) is 4.63. The van der Waals surface area contributed by atoms with Gasteiger partial charge in [-0.1, -0.05) is 43.2 Å². The van der Waals surface area contributed by atoms with E-state index in [4.69, 9.17) is 4.74 Å². The normalized spacial score (nSPS) is 20.8. The van der Waals surface area contributed by atoms with Crippen LogP contribution in [0, 0.1) is 6.92 Å². The Hall–Kier alpha value is -2.14. The van der Waals surface area contributed by atoms with Crippen molar-refractivity contribution in [1.29, 1.82) is 0 Å². The highest BCUT2D eigenvalue weighted by molar-refractivity contribution is 5.94. The van der Waals surface area contributed by atoms with Gasteiger partial charge in [-0.3, -0.25) is 0 Å². The van der Waals surface area contributed by atoms with Gasteiger partial charge in [-0.15, -0.1) is 0 Å². The van der Waals surface area contributed by atoms with Crippen molar-refractivity contribution in [2.45, 2.75) is 51.7 Å². The number of esters is 1. The number of hydrogen-bond donors (Lipinski definition) is 1. The van der Waals surface area contributed by atoms with Crippen molar-refractivity contribution >= 4 is 5.97 Å². The molecule has 2 unspecified atom stereocenters. The lowest BCUT2D eigenvalue weighted by Gasteiger charge is -2.31. The summed E-state index contributed by atoms with van der Waals surface area (Å²) in [4.78, 5) is 16.9. The minimum Gasteiger partial charge on any atom is -0.461 e. The predicted octanol–water partition coefficient (Wildman–Crippen LogP) is 3.51. The summed E-state index contributed by atoms with van der Waals surface area (Å²) >= 11 is 0. The first-order chi connectivity index (χ1) is 11.6. The third kappa shape index (κ3) is 3.08. The lowest BCUT2D eigenvalue weighted by molar-refractivity contribution is 0.0519. The van der Waals surface area contributed by atoms with Crippen molar-refractivity contribution in [1.82, 2.24) is 9.55 Å². The zero-order valence-corrected chi connectivity index (χ0v) is 14.2. The molecule has 1 aliphatic carbocycles. The Kier molecular flexibility index (Phi) is 5.00. The second-order valence-corrected chi connectivity index (χ2v) is 6.23. The van der Waals surface area contributed by atoms with E-state index in [-0.39, 0.29) is 6.04 Å². The van der Waals surface area contributed by atoms with Crippen LogP contribution in [0.1, 0.15) is 55.0 Å². The van der Waals surface area contributed by atoms with Crippen molar-refractivity contribution < 1.29 is 14.6 Å². The Morgan fingerprint density at radius 3 is 2.67 bits per heavy atom. The molecule has 0 radical (unpaired) electrons. The van der Waals surface area contributed by atoms with E-state index >= 15 is 0 Å². The zero-order valence-electron chi connectivity index (χ0n) is 14.2. The molecule has 2 aromatic rings. The second-order valence-electron chi connectivity index (χ2n) is 6.23. The summed E-state index contributed by atoms with van der Waals surface area (Å²) in [5.41, 5.74) is 2.00. The van der Waals surface area contributed by atoms with Crippen molar-refractivity contribution in [3.05, 3.63) is 41.9 Å². The van der Waals surface area contributed by atoms with Gasteiger partial charge < -0.3 is 14.4 Å². The molecule has 1 N–H and O–H groups in total. The average Bonchev–Trinajstić information content (AvgIpc) is 2.94. The number of aliphatic hydroxyl groups is 1. The van der Waals surface area contributed by atoms with Gasteiger partial charge in [0.15, 0.2) is 5.69 Å². The van der Waals surface area contributed by atoms with E-state index in [2.05, 4.69) is 4.98 Å². The number of rotatable bonds is 4. The van der Waals surface area contributed by atoms with Gasteiger partial charge in [0.2, 0.25) is 0 Å². The smallest absolute Gasteiger partial charge is 0.359 e. The van der Waals surface area contributed by atoms with Gasteiger partial charge in [0.1, 0.15) is 5.82 Å². The van der Waals surface area contributed by atoms with Gasteiger partial charge in [-0.05, 0) is 26.7 Å². The van der Waals surface area contributed by atoms with E-state index in [1.54, 1.807) is 6.92 Å². The molecule has 3 rings (SSSR count). The molecule has 0 spiro atoms. The molecule has 0 aliphatic heterocycles. The Labute approximate surface area is 142 Å². The van der Waals surface area contributed by atoms with E-state index in [1.807, 2.05) is 41.8 Å². The van der Waals surface area contributed by atoms with Crippen molar-refractivity contribution in [3.63, 3.8) is 0 Å². The zero-order chi connectivity index (χ0) is 17.1. The molecule has 1 aromatic heterocycles.